The van der Waals surface area contributed by atoms with Crippen LogP contribution in [-0.2, 0) is 6.54 Å². The van der Waals surface area contributed by atoms with E-state index in [0.29, 0.717) is 6.04 Å². The molecule has 0 aliphatic rings. The molecule has 0 radical (unpaired) electrons. The molecule has 0 bridgehead atoms. The molecule has 0 saturated carbocycles. The molecule has 0 fully saturated rings. The van der Waals surface area contributed by atoms with Gasteiger partial charge in [-0.3, -0.25) is 4.98 Å². The van der Waals surface area contributed by atoms with Crippen LogP contribution in [0.5, 0.6) is 0 Å². The van der Waals surface area contributed by atoms with Crippen LogP contribution >= 0.6 is 0 Å². The average Bonchev–Trinajstić information content (AvgIpc) is 2.37. The van der Waals surface area contributed by atoms with E-state index >= 15 is 0 Å². The predicted molar refractivity (Wildman–Crippen MR) is 73.9 cm³/mol. The van der Waals surface area contributed by atoms with Crippen LogP contribution in [-0.4, -0.2) is 11.0 Å². The summed E-state index contributed by atoms with van der Waals surface area (Å²) < 4.78 is 0. The molecular formula is C15H26N2. The lowest BCUT2D eigenvalue weighted by molar-refractivity contribution is 0.480. The van der Waals surface area contributed by atoms with Crippen molar-refractivity contribution in [3.63, 3.8) is 0 Å². The third kappa shape index (κ3) is 7.11. The van der Waals surface area contributed by atoms with Crippen LogP contribution in [0.1, 0.15) is 57.9 Å². The van der Waals surface area contributed by atoms with Crippen molar-refractivity contribution in [1.82, 2.24) is 10.3 Å². The van der Waals surface area contributed by atoms with Gasteiger partial charge in [-0.2, -0.15) is 0 Å². The molecule has 0 amide bonds. The zero-order valence-corrected chi connectivity index (χ0v) is 11.3. The summed E-state index contributed by atoms with van der Waals surface area (Å²) >= 11 is 0. The second-order valence-corrected chi connectivity index (χ2v) is 4.84. The normalized spacial score (nSPS) is 12.6. The molecule has 1 heterocycles. The molecule has 2 heteroatoms. The maximum absolute atomic E-state index is 4.02. The highest BCUT2D eigenvalue weighted by atomic mass is 14.9. The number of aromatic nitrogens is 1. The van der Waals surface area contributed by atoms with Crippen LogP contribution in [0.25, 0.3) is 0 Å². The molecule has 0 aromatic carbocycles. The molecule has 2 nitrogen and oxygen atoms in total. The number of nitrogens with zero attached hydrogens (tertiary/aromatic N) is 1. The lowest BCUT2D eigenvalue weighted by atomic mass is 10.1. The van der Waals surface area contributed by atoms with E-state index in [2.05, 4.69) is 36.3 Å². The molecule has 96 valence electrons. The fraction of sp³-hybridized carbons (Fsp3) is 0.667. The van der Waals surface area contributed by atoms with Gasteiger partial charge in [-0.25, -0.2) is 0 Å². The highest BCUT2D eigenvalue weighted by Crippen LogP contribution is 2.07. The monoisotopic (exact) mass is 234 g/mol. The minimum atomic E-state index is 0.616. The van der Waals surface area contributed by atoms with Crippen molar-refractivity contribution in [1.29, 1.82) is 0 Å². The average molecular weight is 234 g/mol. The maximum atomic E-state index is 4.02. The third-order valence-corrected chi connectivity index (χ3v) is 3.14. The molecule has 0 saturated heterocycles. The molecule has 1 aromatic rings. The lowest BCUT2D eigenvalue weighted by Crippen LogP contribution is -2.25. The van der Waals surface area contributed by atoms with Gasteiger partial charge in [0.2, 0.25) is 0 Å². The van der Waals surface area contributed by atoms with E-state index in [1.165, 1.54) is 44.1 Å². The summed E-state index contributed by atoms with van der Waals surface area (Å²) in [5.74, 6) is 0. The first-order valence-electron chi connectivity index (χ1n) is 6.95. The Kier molecular flexibility index (Phi) is 7.65. The van der Waals surface area contributed by atoms with E-state index in [9.17, 15) is 0 Å². The van der Waals surface area contributed by atoms with Crippen molar-refractivity contribution in [2.45, 2.75) is 65.0 Å². The Hall–Kier alpha value is -0.890. The Morgan fingerprint density at radius 1 is 1.12 bits per heavy atom. The first-order chi connectivity index (χ1) is 8.33. The van der Waals surface area contributed by atoms with E-state index in [0.717, 1.165) is 6.54 Å². The van der Waals surface area contributed by atoms with Crippen LogP contribution in [0.3, 0.4) is 0 Å². The summed E-state index contributed by atoms with van der Waals surface area (Å²) in [5.41, 5.74) is 1.32. The minimum absolute atomic E-state index is 0.616. The number of pyridine rings is 1. The van der Waals surface area contributed by atoms with Crippen molar-refractivity contribution in [2.75, 3.05) is 0 Å². The van der Waals surface area contributed by atoms with Gasteiger partial charge in [-0.15, -0.1) is 0 Å². The lowest BCUT2D eigenvalue weighted by Gasteiger charge is -2.13. The second-order valence-electron chi connectivity index (χ2n) is 4.84. The van der Waals surface area contributed by atoms with Crippen LogP contribution in [0.2, 0.25) is 0 Å². The number of unbranched alkanes of at least 4 members (excludes halogenated alkanes) is 4. The van der Waals surface area contributed by atoms with E-state index in [1.807, 2.05) is 12.4 Å². The Balaban J connectivity index is 2.03. The molecule has 1 unspecified atom stereocenters. The third-order valence-electron chi connectivity index (χ3n) is 3.14. The number of hydrogen-bond donors (Lipinski definition) is 1. The maximum Gasteiger partial charge on any atom is 0.0271 e. The van der Waals surface area contributed by atoms with Gasteiger partial charge in [0.1, 0.15) is 0 Å². The van der Waals surface area contributed by atoms with Crippen molar-refractivity contribution in [3.8, 4) is 0 Å². The molecule has 17 heavy (non-hydrogen) atoms. The second kappa shape index (κ2) is 9.17. The van der Waals surface area contributed by atoms with Gasteiger partial charge in [0.25, 0.3) is 0 Å². The Labute approximate surface area is 106 Å². The molecule has 1 N–H and O–H groups in total. The molecule has 0 aliphatic heterocycles. The van der Waals surface area contributed by atoms with E-state index in [4.69, 9.17) is 0 Å². The first-order valence-corrected chi connectivity index (χ1v) is 6.95. The minimum Gasteiger partial charge on any atom is -0.310 e. The van der Waals surface area contributed by atoms with E-state index in [-0.39, 0.29) is 0 Å². The van der Waals surface area contributed by atoms with Gasteiger partial charge in [0, 0.05) is 25.0 Å². The number of nitrogens with one attached hydrogen (secondary N) is 1. The zero-order valence-electron chi connectivity index (χ0n) is 11.3. The summed E-state index contributed by atoms with van der Waals surface area (Å²) in [7, 11) is 0. The van der Waals surface area contributed by atoms with Gasteiger partial charge in [0.15, 0.2) is 0 Å². The van der Waals surface area contributed by atoms with Gasteiger partial charge >= 0.3 is 0 Å². The Morgan fingerprint density at radius 2 is 1.82 bits per heavy atom. The first kappa shape index (κ1) is 14.2. The standard InChI is InChI=1S/C15H26N2/c1-3-4-5-6-7-8-14(2)17-13-15-9-11-16-12-10-15/h9-12,14,17H,3-8,13H2,1-2H3. The summed E-state index contributed by atoms with van der Waals surface area (Å²) in [6, 6.07) is 4.76. The van der Waals surface area contributed by atoms with Crippen LogP contribution in [0, 0.1) is 0 Å². The van der Waals surface area contributed by atoms with Crippen LogP contribution in [0.4, 0.5) is 0 Å². The summed E-state index contributed by atoms with van der Waals surface area (Å²) in [6.45, 7) is 5.50. The fourth-order valence-electron chi connectivity index (χ4n) is 1.95. The number of hydrogen-bond acceptors (Lipinski definition) is 2. The Bertz CT molecular complexity index is 272. The highest BCUT2D eigenvalue weighted by molar-refractivity contribution is 5.09. The number of rotatable bonds is 9. The molecular weight excluding hydrogens is 208 g/mol. The largest absolute Gasteiger partial charge is 0.310 e. The van der Waals surface area contributed by atoms with Crippen LogP contribution in [0.15, 0.2) is 24.5 Å². The Morgan fingerprint density at radius 3 is 2.53 bits per heavy atom. The van der Waals surface area contributed by atoms with Gasteiger partial charge in [-0.05, 0) is 31.0 Å². The molecule has 1 rings (SSSR count). The summed E-state index contributed by atoms with van der Waals surface area (Å²) in [4.78, 5) is 4.02. The molecule has 0 spiro atoms. The summed E-state index contributed by atoms with van der Waals surface area (Å²) in [6.07, 6.45) is 11.8. The quantitative estimate of drug-likeness (QED) is 0.655. The van der Waals surface area contributed by atoms with Crippen molar-refractivity contribution < 1.29 is 0 Å². The predicted octanol–water partition coefficient (Wildman–Crippen LogP) is 3.92. The highest BCUT2D eigenvalue weighted by Gasteiger charge is 2.01. The van der Waals surface area contributed by atoms with Crippen molar-refractivity contribution >= 4 is 0 Å². The van der Waals surface area contributed by atoms with Crippen molar-refractivity contribution in [2.24, 2.45) is 0 Å². The van der Waals surface area contributed by atoms with Gasteiger partial charge in [0.05, 0.1) is 0 Å². The van der Waals surface area contributed by atoms with Crippen LogP contribution < -0.4 is 5.32 Å². The smallest absolute Gasteiger partial charge is 0.0271 e. The van der Waals surface area contributed by atoms with Gasteiger partial charge < -0.3 is 5.32 Å². The fourth-order valence-corrected chi connectivity index (χ4v) is 1.95. The molecule has 0 aliphatic carbocycles. The van der Waals surface area contributed by atoms with E-state index < -0.39 is 0 Å². The van der Waals surface area contributed by atoms with E-state index in [1.54, 1.807) is 0 Å². The van der Waals surface area contributed by atoms with Crippen molar-refractivity contribution in [3.05, 3.63) is 30.1 Å². The SMILES string of the molecule is CCCCCCCC(C)NCc1ccncc1. The molecule has 1 atom stereocenters. The summed E-state index contributed by atoms with van der Waals surface area (Å²) in [5, 5.41) is 3.56. The van der Waals surface area contributed by atoms with Gasteiger partial charge in [-0.1, -0.05) is 39.0 Å². The topological polar surface area (TPSA) is 24.9 Å². The zero-order chi connectivity index (χ0) is 12.3. The molecule has 1 aromatic heterocycles.